The van der Waals surface area contributed by atoms with E-state index in [0.29, 0.717) is 17.1 Å². The number of aromatic nitrogens is 3. The molecule has 0 aliphatic carbocycles. The van der Waals surface area contributed by atoms with E-state index < -0.39 is 0 Å². The van der Waals surface area contributed by atoms with Crippen LogP contribution in [-0.2, 0) is 4.65 Å². The van der Waals surface area contributed by atoms with E-state index in [0.717, 1.165) is 17.7 Å². The van der Waals surface area contributed by atoms with Crippen molar-refractivity contribution in [1.82, 2.24) is 15.0 Å². The summed E-state index contributed by atoms with van der Waals surface area (Å²) in [7, 11) is 0.241. The van der Waals surface area contributed by atoms with Gasteiger partial charge in [0.1, 0.15) is 12.2 Å². The van der Waals surface area contributed by atoms with Crippen molar-refractivity contribution in [2.24, 2.45) is 0 Å². The van der Waals surface area contributed by atoms with Crippen molar-refractivity contribution in [3.8, 4) is 11.3 Å². The fourth-order valence-corrected chi connectivity index (χ4v) is 1.61. The predicted molar refractivity (Wildman–Crippen MR) is 71.1 cm³/mol. The minimum atomic E-state index is 0.241. The van der Waals surface area contributed by atoms with Crippen LogP contribution in [0.15, 0.2) is 24.5 Å². The summed E-state index contributed by atoms with van der Waals surface area (Å²) in [6.45, 7) is 1.80. The molecule has 0 aliphatic heterocycles. The number of hydrogen-bond donors (Lipinski definition) is 2. The van der Waals surface area contributed by atoms with Gasteiger partial charge in [-0.2, -0.15) is 0 Å². The second kappa shape index (κ2) is 5.26. The van der Waals surface area contributed by atoms with Gasteiger partial charge < -0.3 is 10.4 Å². The average Bonchev–Trinajstić information content (AvgIpc) is 2.36. The van der Waals surface area contributed by atoms with Crippen LogP contribution < -0.4 is 11.3 Å². The summed E-state index contributed by atoms with van der Waals surface area (Å²) >= 11 is 0. The van der Waals surface area contributed by atoms with Crippen LogP contribution in [0, 0.1) is 12.3 Å². The van der Waals surface area contributed by atoms with Gasteiger partial charge in [0.15, 0.2) is 0 Å². The molecule has 0 spiro atoms. The number of nitrogen functional groups attached to an aromatic ring is 1. The summed E-state index contributed by atoms with van der Waals surface area (Å²) in [5.41, 5.74) is 8.67. The third-order valence-electron chi connectivity index (χ3n) is 2.33. The van der Waals surface area contributed by atoms with Gasteiger partial charge in [-0.1, -0.05) is 0 Å². The second-order valence-corrected chi connectivity index (χ2v) is 3.68. The number of nitrogens with one attached hydrogen (secondary N) is 1. The van der Waals surface area contributed by atoms with Gasteiger partial charge in [-0.15, -0.1) is 0 Å². The quantitative estimate of drug-likeness (QED) is 0.447. The number of aryl methyl sites for hydroxylation is 1. The predicted octanol–water partition coefficient (Wildman–Crippen LogP) is 0.0297. The summed E-state index contributed by atoms with van der Waals surface area (Å²) < 4.78 is 4.90. The molecule has 18 heavy (non-hydrogen) atoms. The topological polar surface area (TPSA) is 97.8 Å². The minimum absolute atomic E-state index is 0.241. The molecular formula is C11H12BN5O. The van der Waals surface area contributed by atoms with Gasteiger partial charge in [0, 0.05) is 11.8 Å². The Morgan fingerprint density at radius 1 is 1.44 bits per heavy atom. The third-order valence-corrected chi connectivity index (χ3v) is 2.33. The maximum Gasteiger partial charge on any atom is 0.393 e. The highest BCUT2D eigenvalue weighted by Gasteiger charge is 2.08. The van der Waals surface area contributed by atoms with E-state index in [9.17, 15) is 0 Å². The molecule has 0 saturated heterocycles. The second-order valence-electron chi connectivity index (χ2n) is 3.68. The maximum absolute atomic E-state index is 6.84. The molecule has 0 fully saturated rings. The van der Waals surface area contributed by atoms with Crippen LogP contribution in [0.25, 0.3) is 11.3 Å². The maximum atomic E-state index is 6.84. The molecule has 6 nitrogen and oxygen atoms in total. The van der Waals surface area contributed by atoms with Crippen molar-refractivity contribution < 1.29 is 4.65 Å². The molecule has 0 saturated carbocycles. The Morgan fingerprint density at radius 3 is 3.00 bits per heavy atom. The van der Waals surface area contributed by atoms with Crippen molar-refractivity contribution in [3.05, 3.63) is 30.4 Å². The molecule has 2 aromatic heterocycles. The highest BCUT2D eigenvalue weighted by Crippen LogP contribution is 2.21. The van der Waals surface area contributed by atoms with Gasteiger partial charge in [-0.3, -0.25) is 10.4 Å². The first-order valence-corrected chi connectivity index (χ1v) is 5.35. The monoisotopic (exact) mass is 241 g/mol. The summed E-state index contributed by atoms with van der Waals surface area (Å²) in [4.78, 5) is 12.5. The normalized spacial score (nSPS) is 9.83. The summed E-state index contributed by atoms with van der Waals surface area (Å²) in [6.07, 6.45) is 4.13. The van der Waals surface area contributed by atoms with E-state index in [1.165, 1.54) is 0 Å². The van der Waals surface area contributed by atoms with Crippen LogP contribution in [0.2, 0.25) is 0 Å². The Kier molecular flexibility index (Phi) is 3.52. The lowest BCUT2D eigenvalue weighted by atomic mass is 9.93. The smallest absolute Gasteiger partial charge is 0.393 e. The van der Waals surface area contributed by atoms with Crippen LogP contribution in [0.5, 0.6) is 0 Å². The van der Waals surface area contributed by atoms with Crippen molar-refractivity contribution in [1.29, 1.82) is 5.41 Å². The summed E-state index contributed by atoms with van der Waals surface area (Å²) in [6, 6.07) is 3.60. The summed E-state index contributed by atoms with van der Waals surface area (Å²) in [5.74, 6) is 0.632. The van der Waals surface area contributed by atoms with Gasteiger partial charge in [-0.25, -0.2) is 9.97 Å². The molecular weight excluding hydrogens is 229 g/mol. The minimum Gasteiger partial charge on any atom is -0.550 e. The molecule has 2 heterocycles. The van der Waals surface area contributed by atoms with E-state index in [2.05, 4.69) is 15.0 Å². The first kappa shape index (κ1) is 12.0. The van der Waals surface area contributed by atoms with E-state index in [1.807, 2.05) is 0 Å². The van der Waals surface area contributed by atoms with Gasteiger partial charge in [-0.05, 0) is 19.1 Å². The van der Waals surface area contributed by atoms with Crippen molar-refractivity contribution >= 4 is 25.2 Å². The molecule has 90 valence electrons. The Labute approximate surface area is 105 Å². The molecule has 2 rings (SSSR count). The number of pyridine rings is 1. The zero-order valence-electron chi connectivity index (χ0n) is 9.92. The fourth-order valence-electron chi connectivity index (χ4n) is 1.61. The van der Waals surface area contributed by atoms with Crippen LogP contribution in [0.1, 0.15) is 5.82 Å². The van der Waals surface area contributed by atoms with Crippen LogP contribution in [0.3, 0.4) is 0 Å². The lowest BCUT2D eigenvalue weighted by molar-refractivity contribution is 0.621. The Balaban J connectivity index is 2.42. The highest BCUT2D eigenvalue weighted by molar-refractivity contribution is 6.47. The number of rotatable bonds is 4. The van der Waals surface area contributed by atoms with Gasteiger partial charge >= 0.3 is 7.48 Å². The molecule has 0 aromatic carbocycles. The van der Waals surface area contributed by atoms with Crippen LogP contribution in [-0.4, -0.2) is 28.8 Å². The van der Waals surface area contributed by atoms with Gasteiger partial charge in [0.2, 0.25) is 0 Å². The van der Waals surface area contributed by atoms with Gasteiger partial charge in [0.25, 0.3) is 0 Å². The van der Waals surface area contributed by atoms with E-state index in [1.54, 1.807) is 31.5 Å². The Morgan fingerprint density at radius 2 is 2.28 bits per heavy atom. The zero-order chi connectivity index (χ0) is 13.0. The molecule has 0 radical (unpaired) electrons. The van der Waals surface area contributed by atoms with Gasteiger partial charge in [0.05, 0.1) is 23.2 Å². The number of hydrogen-bond acceptors (Lipinski definition) is 6. The molecule has 0 bridgehead atoms. The molecule has 0 aliphatic rings. The summed E-state index contributed by atoms with van der Waals surface area (Å²) in [5, 5.41) is 6.84. The zero-order valence-corrected chi connectivity index (χ0v) is 9.92. The Hall–Kier alpha value is -2.44. The lowest BCUT2D eigenvalue weighted by Crippen LogP contribution is -2.22. The van der Waals surface area contributed by atoms with E-state index in [4.69, 9.17) is 15.8 Å². The molecule has 0 amide bonds. The van der Waals surface area contributed by atoms with Crippen molar-refractivity contribution in [2.75, 3.05) is 5.73 Å². The number of nitrogens with zero attached hydrogens (tertiary/aromatic N) is 3. The molecule has 7 heteroatoms. The van der Waals surface area contributed by atoms with Crippen molar-refractivity contribution in [3.63, 3.8) is 0 Å². The van der Waals surface area contributed by atoms with E-state index in [-0.39, 0.29) is 7.48 Å². The number of nitrogens with two attached hydrogens (primary N) is 1. The fraction of sp³-hybridized carbons (Fsp3) is 0.0909. The first-order chi connectivity index (χ1) is 8.70. The van der Waals surface area contributed by atoms with E-state index >= 15 is 0 Å². The molecule has 3 N–H and O–H groups in total. The first-order valence-electron chi connectivity index (χ1n) is 5.35. The highest BCUT2D eigenvalue weighted by atomic mass is 16.4. The largest absolute Gasteiger partial charge is 0.550 e. The van der Waals surface area contributed by atoms with Crippen LogP contribution >= 0.6 is 0 Å². The molecule has 0 atom stereocenters. The number of anilines is 1. The lowest BCUT2D eigenvalue weighted by Gasteiger charge is -2.07. The Bertz CT molecular complexity index is 575. The molecule has 2 aromatic rings. The van der Waals surface area contributed by atoms with Crippen LogP contribution in [0.4, 0.5) is 5.69 Å². The average molecular weight is 241 g/mol. The standard InChI is InChI=1S/C11H12BN5O/c1-7-16-10(4-11(17-7)12-18-6-13)8-2-3-15-5-9(8)14/h2-6,12-13H,14H2,1H3. The molecule has 0 unspecified atom stereocenters. The third kappa shape index (κ3) is 2.62. The SMILES string of the molecule is Cc1nc(BOC=N)cc(-c2ccncc2N)n1. The van der Waals surface area contributed by atoms with Crippen molar-refractivity contribution in [2.45, 2.75) is 6.92 Å².